The van der Waals surface area contributed by atoms with Gasteiger partial charge in [-0.1, -0.05) is 30.3 Å². The standard InChI is InChI=1S/C15H23N3O4/c1-15(2,3)22-10-12(13(19)18-16)17-14(20)21-9-11-7-5-4-6-8-11/h4-8,12H,9-10,16H2,1-3H3,(H,17,20)(H,18,19)/t12-/m0/s1. The van der Waals surface area contributed by atoms with E-state index >= 15 is 0 Å². The number of hydrogen-bond donors (Lipinski definition) is 3. The highest BCUT2D eigenvalue weighted by molar-refractivity contribution is 5.85. The van der Waals surface area contributed by atoms with Crippen molar-refractivity contribution in [3.63, 3.8) is 0 Å². The van der Waals surface area contributed by atoms with Gasteiger partial charge in [-0.25, -0.2) is 10.6 Å². The van der Waals surface area contributed by atoms with E-state index in [4.69, 9.17) is 15.3 Å². The van der Waals surface area contributed by atoms with E-state index in [0.29, 0.717) is 0 Å². The molecule has 0 aliphatic carbocycles. The van der Waals surface area contributed by atoms with Gasteiger partial charge in [-0.15, -0.1) is 0 Å². The van der Waals surface area contributed by atoms with E-state index in [1.165, 1.54) is 0 Å². The Labute approximate surface area is 130 Å². The molecule has 0 radical (unpaired) electrons. The van der Waals surface area contributed by atoms with Gasteiger partial charge in [0.1, 0.15) is 12.6 Å². The van der Waals surface area contributed by atoms with Gasteiger partial charge in [0.2, 0.25) is 0 Å². The van der Waals surface area contributed by atoms with E-state index in [1.807, 2.05) is 56.5 Å². The number of alkyl carbamates (subject to hydrolysis) is 1. The summed E-state index contributed by atoms with van der Waals surface area (Å²) in [5.74, 6) is 4.55. The minimum absolute atomic E-state index is 0.00697. The summed E-state index contributed by atoms with van der Waals surface area (Å²) in [5, 5.41) is 2.43. The van der Waals surface area contributed by atoms with Crippen LogP contribution < -0.4 is 16.6 Å². The number of benzene rings is 1. The maximum atomic E-state index is 11.8. The molecular weight excluding hydrogens is 286 g/mol. The summed E-state index contributed by atoms with van der Waals surface area (Å²) >= 11 is 0. The lowest BCUT2D eigenvalue weighted by molar-refractivity contribution is -0.126. The summed E-state index contributed by atoms with van der Waals surface area (Å²) in [6.07, 6.45) is -0.713. The van der Waals surface area contributed by atoms with Crippen LogP contribution in [0, 0.1) is 0 Å². The number of nitrogens with two attached hydrogens (primary N) is 1. The molecular formula is C15H23N3O4. The molecule has 0 unspecified atom stereocenters. The molecule has 22 heavy (non-hydrogen) atoms. The predicted octanol–water partition coefficient (Wildman–Crippen LogP) is 1.09. The molecule has 0 fully saturated rings. The first kappa shape index (κ1) is 17.9. The van der Waals surface area contributed by atoms with Crippen LogP contribution in [0.4, 0.5) is 4.79 Å². The number of carbonyl (C=O) groups excluding carboxylic acids is 2. The first-order valence-electron chi connectivity index (χ1n) is 6.93. The Bertz CT molecular complexity index is 485. The lowest BCUT2D eigenvalue weighted by Crippen LogP contribution is -2.52. The van der Waals surface area contributed by atoms with Crippen LogP contribution in [0.2, 0.25) is 0 Å². The smallest absolute Gasteiger partial charge is 0.408 e. The average Bonchev–Trinajstić information content (AvgIpc) is 2.48. The molecule has 0 spiro atoms. The second-order valence-corrected chi connectivity index (χ2v) is 5.69. The summed E-state index contributed by atoms with van der Waals surface area (Å²) in [6.45, 7) is 5.64. The third kappa shape index (κ3) is 7.05. The van der Waals surface area contributed by atoms with Gasteiger partial charge in [0.15, 0.2) is 0 Å². The fraction of sp³-hybridized carbons (Fsp3) is 0.467. The van der Waals surface area contributed by atoms with Gasteiger partial charge in [-0.3, -0.25) is 10.2 Å². The number of hydrazine groups is 1. The Balaban J connectivity index is 2.50. The highest BCUT2D eigenvalue weighted by Crippen LogP contribution is 2.07. The van der Waals surface area contributed by atoms with Crippen LogP contribution >= 0.6 is 0 Å². The normalized spacial score (nSPS) is 12.4. The molecule has 0 bridgehead atoms. The van der Waals surface area contributed by atoms with Crippen LogP contribution in [-0.4, -0.2) is 30.3 Å². The van der Waals surface area contributed by atoms with E-state index in [2.05, 4.69) is 5.32 Å². The fourth-order valence-electron chi connectivity index (χ4n) is 1.52. The SMILES string of the molecule is CC(C)(C)OC[C@H](NC(=O)OCc1ccccc1)C(=O)NN. The van der Waals surface area contributed by atoms with Crippen molar-refractivity contribution >= 4 is 12.0 Å². The quantitative estimate of drug-likeness (QED) is 0.414. The summed E-state index contributed by atoms with van der Waals surface area (Å²) in [7, 11) is 0. The lowest BCUT2D eigenvalue weighted by atomic mass is 10.2. The molecule has 0 saturated heterocycles. The largest absolute Gasteiger partial charge is 0.445 e. The van der Waals surface area contributed by atoms with Crippen LogP contribution in [0.15, 0.2) is 30.3 Å². The zero-order valence-electron chi connectivity index (χ0n) is 13.1. The number of rotatable bonds is 6. The van der Waals surface area contributed by atoms with E-state index < -0.39 is 23.6 Å². The Morgan fingerprint density at radius 3 is 2.41 bits per heavy atom. The van der Waals surface area contributed by atoms with Crippen LogP contribution in [0.5, 0.6) is 0 Å². The van der Waals surface area contributed by atoms with Crippen molar-refractivity contribution in [2.75, 3.05) is 6.61 Å². The van der Waals surface area contributed by atoms with Gasteiger partial charge in [0, 0.05) is 0 Å². The average molecular weight is 309 g/mol. The van der Waals surface area contributed by atoms with Crippen molar-refractivity contribution in [1.29, 1.82) is 0 Å². The van der Waals surface area contributed by atoms with Crippen LogP contribution in [0.3, 0.4) is 0 Å². The third-order valence-electron chi connectivity index (χ3n) is 2.65. The molecule has 0 saturated carbocycles. The molecule has 0 aliphatic heterocycles. The fourth-order valence-corrected chi connectivity index (χ4v) is 1.52. The second kappa shape index (κ2) is 8.35. The van der Waals surface area contributed by atoms with E-state index in [1.54, 1.807) is 0 Å². The number of carbonyl (C=O) groups is 2. The van der Waals surface area contributed by atoms with Gasteiger partial charge in [0.05, 0.1) is 12.2 Å². The number of nitrogens with one attached hydrogen (secondary N) is 2. The van der Waals surface area contributed by atoms with Crippen molar-refractivity contribution in [3.05, 3.63) is 35.9 Å². The highest BCUT2D eigenvalue weighted by Gasteiger charge is 2.23. The van der Waals surface area contributed by atoms with E-state index in [-0.39, 0.29) is 13.2 Å². The van der Waals surface area contributed by atoms with Crippen molar-refractivity contribution in [1.82, 2.24) is 10.7 Å². The molecule has 0 aliphatic rings. The number of amides is 2. The van der Waals surface area contributed by atoms with Gasteiger partial charge >= 0.3 is 6.09 Å². The summed E-state index contributed by atoms with van der Waals surface area (Å²) in [4.78, 5) is 23.4. The Hall–Kier alpha value is -2.12. The maximum absolute atomic E-state index is 11.8. The molecule has 7 nitrogen and oxygen atoms in total. The molecule has 1 rings (SSSR count). The zero-order chi connectivity index (χ0) is 16.6. The van der Waals surface area contributed by atoms with Crippen LogP contribution in [-0.2, 0) is 20.9 Å². The zero-order valence-corrected chi connectivity index (χ0v) is 13.1. The molecule has 2 amide bonds. The van der Waals surface area contributed by atoms with Crippen molar-refractivity contribution in [2.45, 2.75) is 39.0 Å². The summed E-state index contributed by atoms with van der Waals surface area (Å²) in [6, 6.07) is 8.30. The first-order chi connectivity index (χ1) is 10.3. The molecule has 0 heterocycles. The van der Waals surface area contributed by atoms with Crippen LogP contribution in [0.25, 0.3) is 0 Å². The Morgan fingerprint density at radius 1 is 1.23 bits per heavy atom. The molecule has 1 aromatic carbocycles. The minimum atomic E-state index is -0.924. The van der Waals surface area contributed by atoms with Crippen molar-refractivity contribution < 1.29 is 19.1 Å². The molecule has 4 N–H and O–H groups in total. The van der Waals surface area contributed by atoms with E-state index in [0.717, 1.165) is 5.56 Å². The second-order valence-electron chi connectivity index (χ2n) is 5.69. The Morgan fingerprint density at radius 2 is 1.86 bits per heavy atom. The molecule has 7 heteroatoms. The van der Waals surface area contributed by atoms with Crippen molar-refractivity contribution in [3.8, 4) is 0 Å². The monoisotopic (exact) mass is 309 g/mol. The van der Waals surface area contributed by atoms with Gasteiger partial charge in [-0.2, -0.15) is 0 Å². The number of hydrogen-bond acceptors (Lipinski definition) is 5. The van der Waals surface area contributed by atoms with Gasteiger partial charge in [0.25, 0.3) is 5.91 Å². The maximum Gasteiger partial charge on any atom is 0.408 e. The first-order valence-corrected chi connectivity index (χ1v) is 6.93. The molecule has 0 aromatic heterocycles. The summed E-state index contributed by atoms with van der Waals surface area (Å²) in [5.41, 5.74) is 2.40. The third-order valence-corrected chi connectivity index (χ3v) is 2.65. The van der Waals surface area contributed by atoms with Gasteiger partial charge in [-0.05, 0) is 26.3 Å². The summed E-state index contributed by atoms with van der Waals surface area (Å²) < 4.78 is 10.6. The van der Waals surface area contributed by atoms with Crippen molar-refractivity contribution in [2.24, 2.45) is 5.84 Å². The predicted molar refractivity (Wildman–Crippen MR) is 81.6 cm³/mol. The minimum Gasteiger partial charge on any atom is -0.445 e. The highest BCUT2D eigenvalue weighted by atomic mass is 16.5. The molecule has 122 valence electrons. The molecule has 1 atom stereocenters. The molecule has 1 aromatic rings. The number of ether oxygens (including phenoxy) is 2. The Kier molecular flexibility index (Phi) is 6.81. The lowest BCUT2D eigenvalue weighted by Gasteiger charge is -2.24. The van der Waals surface area contributed by atoms with E-state index in [9.17, 15) is 9.59 Å². The van der Waals surface area contributed by atoms with Gasteiger partial charge < -0.3 is 14.8 Å². The topological polar surface area (TPSA) is 103 Å². The van der Waals surface area contributed by atoms with Crippen LogP contribution in [0.1, 0.15) is 26.3 Å².